The molecule has 0 aliphatic carbocycles. The van der Waals surface area contributed by atoms with E-state index in [0.717, 1.165) is 12.8 Å². The van der Waals surface area contributed by atoms with Crippen LogP contribution in [-0.2, 0) is 4.79 Å². The molecule has 0 aromatic heterocycles. The van der Waals surface area contributed by atoms with E-state index in [-0.39, 0.29) is 25.7 Å². The Morgan fingerprint density at radius 1 is 0.808 bits per heavy atom. The summed E-state index contributed by atoms with van der Waals surface area (Å²) in [7, 11) is 0. The van der Waals surface area contributed by atoms with Gasteiger partial charge in [0.25, 0.3) is 0 Å². The lowest BCUT2D eigenvalue weighted by Crippen LogP contribution is -2.52. The van der Waals surface area contributed by atoms with Gasteiger partial charge in [-0.2, -0.15) is 0 Å². The van der Waals surface area contributed by atoms with Gasteiger partial charge in [0.2, 0.25) is 5.91 Å². The quantitative estimate of drug-likeness (QED) is 0.206. The molecule has 26 heavy (non-hydrogen) atoms. The molecule has 0 aliphatic heterocycles. The van der Waals surface area contributed by atoms with Crippen molar-refractivity contribution < 1.29 is 20.1 Å². The highest BCUT2D eigenvalue weighted by Crippen LogP contribution is 2.12. The summed E-state index contributed by atoms with van der Waals surface area (Å²) in [5.41, 5.74) is 0. The van der Waals surface area contributed by atoms with E-state index in [9.17, 15) is 9.90 Å². The zero-order valence-electron chi connectivity index (χ0n) is 16.8. The van der Waals surface area contributed by atoms with Crippen molar-refractivity contribution in [1.82, 2.24) is 10.2 Å². The molecule has 6 nitrogen and oxygen atoms in total. The molecule has 4 N–H and O–H groups in total. The fourth-order valence-corrected chi connectivity index (χ4v) is 3.14. The first-order chi connectivity index (χ1) is 12.7. The number of carbonyl (C=O) groups is 1. The van der Waals surface area contributed by atoms with Crippen LogP contribution in [0.25, 0.3) is 0 Å². The largest absolute Gasteiger partial charge is 0.395 e. The van der Waals surface area contributed by atoms with Crippen molar-refractivity contribution in [3.63, 3.8) is 0 Å². The summed E-state index contributed by atoms with van der Waals surface area (Å²) >= 11 is 0. The molecular weight excluding hydrogens is 332 g/mol. The zero-order chi connectivity index (χ0) is 19.5. The fourth-order valence-electron chi connectivity index (χ4n) is 3.14. The number of nitrogens with one attached hydrogen (secondary N) is 1. The standard InChI is InChI=1S/C20H42N2O4/c1-2-3-4-5-6-7-8-9-10-11-12-13-20(26)21-19(18-25)22(14-16-23)15-17-24/h19,23-25H,2-18H2,1H3,(H,21,26). The van der Waals surface area contributed by atoms with E-state index in [1.165, 1.54) is 57.8 Å². The van der Waals surface area contributed by atoms with Crippen LogP contribution in [0.4, 0.5) is 0 Å². The minimum Gasteiger partial charge on any atom is -0.395 e. The SMILES string of the molecule is CCCCCCCCCCCCCC(=O)NC(CO)N(CCO)CCO. The Morgan fingerprint density at radius 2 is 1.27 bits per heavy atom. The summed E-state index contributed by atoms with van der Waals surface area (Å²) in [5.74, 6) is -0.0825. The molecule has 0 aliphatic rings. The molecule has 0 saturated heterocycles. The second-order valence-electron chi connectivity index (χ2n) is 7.03. The van der Waals surface area contributed by atoms with E-state index in [1.807, 2.05) is 0 Å². The third-order valence-corrected chi connectivity index (χ3v) is 4.72. The van der Waals surface area contributed by atoms with Crippen molar-refractivity contribution in [2.45, 2.75) is 90.1 Å². The lowest BCUT2D eigenvalue weighted by atomic mass is 10.1. The first-order valence-corrected chi connectivity index (χ1v) is 10.6. The van der Waals surface area contributed by atoms with Crippen LogP contribution in [0.3, 0.4) is 0 Å². The van der Waals surface area contributed by atoms with Crippen molar-refractivity contribution in [3.8, 4) is 0 Å². The van der Waals surface area contributed by atoms with Crippen LogP contribution in [-0.4, -0.2) is 65.2 Å². The fraction of sp³-hybridized carbons (Fsp3) is 0.950. The zero-order valence-corrected chi connectivity index (χ0v) is 16.8. The molecule has 0 spiro atoms. The smallest absolute Gasteiger partial charge is 0.221 e. The van der Waals surface area contributed by atoms with Gasteiger partial charge in [-0.05, 0) is 6.42 Å². The predicted molar refractivity (Wildman–Crippen MR) is 106 cm³/mol. The van der Waals surface area contributed by atoms with Gasteiger partial charge < -0.3 is 20.6 Å². The van der Waals surface area contributed by atoms with Crippen LogP contribution in [0, 0.1) is 0 Å². The molecular formula is C20H42N2O4. The van der Waals surface area contributed by atoms with Crippen LogP contribution in [0.15, 0.2) is 0 Å². The van der Waals surface area contributed by atoms with Gasteiger partial charge in [-0.25, -0.2) is 0 Å². The van der Waals surface area contributed by atoms with Gasteiger partial charge in [-0.3, -0.25) is 9.69 Å². The van der Waals surface area contributed by atoms with Crippen molar-refractivity contribution in [3.05, 3.63) is 0 Å². The Hall–Kier alpha value is -0.690. The number of rotatable bonds is 19. The molecule has 1 unspecified atom stereocenters. The summed E-state index contributed by atoms with van der Waals surface area (Å²) in [6, 6.07) is 0. The Morgan fingerprint density at radius 3 is 1.69 bits per heavy atom. The maximum absolute atomic E-state index is 12.0. The lowest BCUT2D eigenvalue weighted by molar-refractivity contribution is -0.124. The number of aliphatic hydroxyl groups excluding tert-OH is 3. The van der Waals surface area contributed by atoms with Crippen LogP contribution < -0.4 is 5.32 Å². The average molecular weight is 375 g/mol. The van der Waals surface area contributed by atoms with E-state index < -0.39 is 6.17 Å². The van der Waals surface area contributed by atoms with Gasteiger partial charge in [0, 0.05) is 19.5 Å². The molecule has 0 saturated carbocycles. The molecule has 0 radical (unpaired) electrons. The van der Waals surface area contributed by atoms with E-state index in [2.05, 4.69) is 12.2 Å². The summed E-state index contributed by atoms with van der Waals surface area (Å²) in [5, 5.41) is 30.3. The van der Waals surface area contributed by atoms with Crippen molar-refractivity contribution in [2.75, 3.05) is 32.9 Å². The van der Waals surface area contributed by atoms with Gasteiger partial charge in [0.05, 0.1) is 19.8 Å². The maximum atomic E-state index is 12.0. The summed E-state index contributed by atoms with van der Waals surface area (Å²) < 4.78 is 0. The third-order valence-electron chi connectivity index (χ3n) is 4.72. The second-order valence-corrected chi connectivity index (χ2v) is 7.03. The van der Waals surface area contributed by atoms with Gasteiger partial charge in [-0.1, -0.05) is 71.1 Å². The van der Waals surface area contributed by atoms with Crippen LogP contribution >= 0.6 is 0 Å². The average Bonchev–Trinajstić information content (AvgIpc) is 2.64. The first-order valence-electron chi connectivity index (χ1n) is 10.6. The second kappa shape index (κ2) is 19.1. The van der Waals surface area contributed by atoms with Gasteiger partial charge >= 0.3 is 0 Å². The van der Waals surface area contributed by atoms with Crippen molar-refractivity contribution in [2.24, 2.45) is 0 Å². The number of unbranched alkanes of at least 4 members (excludes halogenated alkanes) is 10. The normalized spacial score (nSPS) is 12.5. The number of hydrogen-bond donors (Lipinski definition) is 4. The first kappa shape index (κ1) is 25.3. The van der Waals surface area contributed by atoms with Gasteiger partial charge in [0.15, 0.2) is 0 Å². The summed E-state index contributed by atoms with van der Waals surface area (Å²) in [6.45, 7) is 2.47. The summed E-state index contributed by atoms with van der Waals surface area (Å²) in [6.07, 6.45) is 13.6. The predicted octanol–water partition coefficient (Wildman–Crippen LogP) is 2.41. The highest BCUT2D eigenvalue weighted by molar-refractivity contribution is 5.76. The van der Waals surface area contributed by atoms with E-state index >= 15 is 0 Å². The van der Waals surface area contributed by atoms with Gasteiger partial charge in [-0.15, -0.1) is 0 Å². The number of carbonyl (C=O) groups excluding carboxylic acids is 1. The number of hydrogen-bond acceptors (Lipinski definition) is 5. The van der Waals surface area contributed by atoms with Crippen LogP contribution in [0.5, 0.6) is 0 Å². The highest BCUT2D eigenvalue weighted by Gasteiger charge is 2.18. The Bertz CT molecular complexity index is 310. The molecule has 1 amide bonds. The number of aliphatic hydroxyl groups is 3. The number of amides is 1. The Labute approximate surface area is 160 Å². The molecule has 1 atom stereocenters. The van der Waals surface area contributed by atoms with Crippen LogP contribution in [0.1, 0.15) is 84.0 Å². The van der Waals surface area contributed by atoms with Gasteiger partial charge in [0.1, 0.15) is 6.17 Å². The molecule has 156 valence electrons. The molecule has 0 fully saturated rings. The number of nitrogens with zero attached hydrogens (tertiary/aromatic N) is 1. The maximum Gasteiger partial charge on any atom is 0.221 e. The minimum atomic E-state index is -0.547. The topological polar surface area (TPSA) is 93.0 Å². The van der Waals surface area contributed by atoms with E-state index in [0.29, 0.717) is 19.5 Å². The lowest BCUT2D eigenvalue weighted by Gasteiger charge is -2.29. The van der Waals surface area contributed by atoms with E-state index in [1.54, 1.807) is 4.90 Å². The molecule has 6 heteroatoms. The molecule has 0 rings (SSSR count). The molecule has 0 aromatic rings. The van der Waals surface area contributed by atoms with E-state index in [4.69, 9.17) is 10.2 Å². The molecule has 0 aromatic carbocycles. The molecule has 0 bridgehead atoms. The van der Waals surface area contributed by atoms with Crippen molar-refractivity contribution in [1.29, 1.82) is 0 Å². The Balaban J connectivity index is 3.68. The summed E-state index contributed by atoms with van der Waals surface area (Å²) in [4.78, 5) is 13.7. The molecule has 0 heterocycles. The highest BCUT2D eigenvalue weighted by atomic mass is 16.3. The third kappa shape index (κ3) is 14.5. The van der Waals surface area contributed by atoms with Crippen LogP contribution in [0.2, 0.25) is 0 Å². The monoisotopic (exact) mass is 374 g/mol. The van der Waals surface area contributed by atoms with Crippen molar-refractivity contribution >= 4 is 5.91 Å². The Kier molecular flexibility index (Phi) is 18.6. The minimum absolute atomic E-state index is 0.0784.